The summed E-state index contributed by atoms with van der Waals surface area (Å²) in [6.07, 6.45) is 2.42. The van der Waals surface area contributed by atoms with Crippen LogP contribution in [0.4, 0.5) is 4.39 Å². The van der Waals surface area contributed by atoms with Crippen LogP contribution >= 0.6 is 0 Å². The first-order chi connectivity index (χ1) is 9.49. The molecule has 0 saturated carbocycles. The number of benzene rings is 1. The summed E-state index contributed by atoms with van der Waals surface area (Å²) in [5.74, 6) is -0.821. The number of hydrogen-bond donors (Lipinski definition) is 2. The Hall–Kier alpha value is -1.02. The Morgan fingerprint density at radius 3 is 2.80 bits per heavy atom. The van der Waals surface area contributed by atoms with E-state index in [0.717, 1.165) is 25.0 Å². The molecule has 2 saturated heterocycles. The van der Waals surface area contributed by atoms with Gasteiger partial charge in [0, 0.05) is 0 Å². The lowest BCUT2D eigenvalue weighted by Crippen LogP contribution is -2.41. The van der Waals surface area contributed by atoms with Gasteiger partial charge in [-0.2, -0.15) is 0 Å². The fraction of sp³-hybridized carbons (Fsp3) is 0.538. The number of fused-ring (bicyclic) bond motifs is 2. The molecule has 0 radical (unpaired) electrons. The molecule has 3 atom stereocenters. The smallest absolute Gasteiger partial charge is 0.243 e. The molecule has 7 heteroatoms. The molecule has 2 aliphatic heterocycles. The predicted octanol–water partition coefficient (Wildman–Crippen LogP) is 0.916. The average molecular weight is 301 g/mol. The second kappa shape index (κ2) is 5.07. The summed E-state index contributed by atoms with van der Waals surface area (Å²) >= 11 is 0. The maximum absolute atomic E-state index is 13.7. The van der Waals surface area contributed by atoms with Crippen molar-refractivity contribution in [2.75, 3.05) is 0 Å². The number of hydrogen-bond acceptors (Lipinski definition) is 4. The molecule has 0 amide bonds. The fourth-order valence-corrected chi connectivity index (χ4v) is 4.28. The van der Waals surface area contributed by atoms with E-state index in [1.54, 1.807) is 0 Å². The SMILES string of the molecule is O=S(=O)(NC1CC2CCC1O2)c1cc(CO)ccc1F. The van der Waals surface area contributed by atoms with E-state index in [-0.39, 0.29) is 24.9 Å². The van der Waals surface area contributed by atoms with Crippen molar-refractivity contribution >= 4 is 10.0 Å². The van der Waals surface area contributed by atoms with Crippen molar-refractivity contribution in [2.45, 2.75) is 49.0 Å². The van der Waals surface area contributed by atoms with Gasteiger partial charge in [-0.25, -0.2) is 17.5 Å². The summed E-state index contributed by atoms with van der Waals surface area (Å²) in [5, 5.41) is 9.03. The number of ether oxygens (including phenoxy) is 1. The molecular formula is C13H16FNO4S. The van der Waals surface area contributed by atoms with Crippen molar-refractivity contribution in [2.24, 2.45) is 0 Å². The molecule has 1 aromatic carbocycles. The van der Waals surface area contributed by atoms with E-state index in [1.807, 2.05) is 0 Å². The monoisotopic (exact) mass is 301 g/mol. The van der Waals surface area contributed by atoms with Gasteiger partial charge in [0.15, 0.2) is 0 Å². The van der Waals surface area contributed by atoms with Crippen molar-refractivity contribution in [3.05, 3.63) is 29.6 Å². The number of halogens is 1. The van der Waals surface area contributed by atoms with Crippen LogP contribution in [0.1, 0.15) is 24.8 Å². The van der Waals surface area contributed by atoms with Gasteiger partial charge in [0.25, 0.3) is 0 Å². The average Bonchev–Trinajstić information content (AvgIpc) is 3.01. The molecule has 1 aromatic rings. The predicted molar refractivity (Wildman–Crippen MR) is 68.9 cm³/mol. The van der Waals surface area contributed by atoms with Gasteiger partial charge < -0.3 is 9.84 Å². The summed E-state index contributed by atoms with van der Waals surface area (Å²) in [5.41, 5.74) is 0.357. The van der Waals surface area contributed by atoms with E-state index in [0.29, 0.717) is 12.0 Å². The van der Waals surface area contributed by atoms with E-state index in [4.69, 9.17) is 9.84 Å². The van der Waals surface area contributed by atoms with E-state index in [1.165, 1.54) is 6.07 Å². The maximum Gasteiger partial charge on any atom is 0.243 e. The molecule has 2 heterocycles. The molecule has 2 fully saturated rings. The Morgan fingerprint density at radius 2 is 2.20 bits per heavy atom. The van der Waals surface area contributed by atoms with Gasteiger partial charge >= 0.3 is 0 Å². The molecule has 0 aromatic heterocycles. The second-order valence-corrected chi connectivity index (χ2v) is 6.94. The van der Waals surface area contributed by atoms with Gasteiger partial charge in [-0.15, -0.1) is 0 Å². The van der Waals surface area contributed by atoms with Crippen molar-refractivity contribution in [3.8, 4) is 0 Å². The highest BCUT2D eigenvalue weighted by Gasteiger charge is 2.42. The largest absolute Gasteiger partial charge is 0.392 e. The topological polar surface area (TPSA) is 75.6 Å². The number of rotatable bonds is 4. The van der Waals surface area contributed by atoms with E-state index < -0.39 is 20.7 Å². The first kappa shape index (κ1) is 13.9. The number of nitrogens with one attached hydrogen (secondary N) is 1. The van der Waals surface area contributed by atoms with Crippen LogP contribution in [0.25, 0.3) is 0 Å². The Kier molecular flexibility index (Phi) is 3.53. The van der Waals surface area contributed by atoms with Crippen molar-refractivity contribution < 1.29 is 22.7 Å². The van der Waals surface area contributed by atoms with Crippen LogP contribution in [0, 0.1) is 5.82 Å². The van der Waals surface area contributed by atoms with Crippen LogP contribution in [-0.4, -0.2) is 31.8 Å². The lowest BCUT2D eigenvalue weighted by molar-refractivity contribution is 0.0996. The zero-order valence-electron chi connectivity index (χ0n) is 10.8. The quantitative estimate of drug-likeness (QED) is 0.867. The molecule has 2 bridgehead atoms. The van der Waals surface area contributed by atoms with Crippen molar-refractivity contribution in [3.63, 3.8) is 0 Å². The van der Waals surface area contributed by atoms with Crippen molar-refractivity contribution in [1.29, 1.82) is 0 Å². The highest BCUT2D eigenvalue weighted by Crippen LogP contribution is 2.35. The van der Waals surface area contributed by atoms with Crippen LogP contribution in [0.2, 0.25) is 0 Å². The summed E-state index contributed by atoms with van der Waals surface area (Å²) in [4.78, 5) is -0.424. The van der Waals surface area contributed by atoms with Crippen LogP contribution < -0.4 is 4.72 Å². The third kappa shape index (κ3) is 2.46. The molecular weight excluding hydrogens is 285 g/mol. The van der Waals surface area contributed by atoms with Gasteiger partial charge in [-0.3, -0.25) is 0 Å². The van der Waals surface area contributed by atoms with Crippen LogP contribution in [0.15, 0.2) is 23.1 Å². The number of aliphatic hydroxyl groups excluding tert-OH is 1. The van der Waals surface area contributed by atoms with Gasteiger partial charge in [0.05, 0.1) is 24.9 Å². The molecule has 2 aliphatic rings. The first-order valence-corrected chi connectivity index (χ1v) is 8.05. The zero-order chi connectivity index (χ0) is 14.3. The molecule has 0 aliphatic carbocycles. The zero-order valence-corrected chi connectivity index (χ0v) is 11.6. The van der Waals surface area contributed by atoms with Crippen LogP contribution in [0.5, 0.6) is 0 Å². The van der Waals surface area contributed by atoms with E-state index in [9.17, 15) is 12.8 Å². The Bertz CT molecular complexity index is 619. The van der Waals surface area contributed by atoms with E-state index >= 15 is 0 Å². The molecule has 2 N–H and O–H groups in total. The lowest BCUT2D eigenvalue weighted by atomic mass is 9.96. The number of aliphatic hydroxyl groups is 1. The highest BCUT2D eigenvalue weighted by atomic mass is 32.2. The Morgan fingerprint density at radius 1 is 1.40 bits per heavy atom. The highest BCUT2D eigenvalue weighted by molar-refractivity contribution is 7.89. The summed E-state index contributed by atoms with van der Waals surface area (Å²) in [6.45, 7) is -0.333. The summed E-state index contributed by atoms with van der Waals surface area (Å²) in [6, 6.07) is 3.27. The van der Waals surface area contributed by atoms with Crippen LogP contribution in [0.3, 0.4) is 0 Å². The van der Waals surface area contributed by atoms with Crippen molar-refractivity contribution in [1.82, 2.24) is 4.72 Å². The normalized spacial score (nSPS) is 29.0. The molecule has 5 nitrogen and oxygen atoms in total. The number of sulfonamides is 1. The van der Waals surface area contributed by atoms with Crippen LogP contribution in [-0.2, 0) is 21.4 Å². The van der Waals surface area contributed by atoms with Gasteiger partial charge in [0.2, 0.25) is 10.0 Å². The fourth-order valence-electron chi connectivity index (χ4n) is 2.88. The molecule has 0 spiro atoms. The molecule has 20 heavy (non-hydrogen) atoms. The maximum atomic E-state index is 13.7. The van der Waals surface area contributed by atoms with Gasteiger partial charge in [0.1, 0.15) is 10.7 Å². The Labute approximate surface area is 116 Å². The molecule has 110 valence electrons. The second-order valence-electron chi connectivity index (χ2n) is 5.26. The standard InChI is InChI=1S/C13H16FNO4S/c14-10-3-1-8(7-16)5-13(10)20(17,18)15-11-6-9-2-4-12(11)19-9/h1,3,5,9,11-12,15-16H,2,4,6-7H2. The summed E-state index contributed by atoms with van der Waals surface area (Å²) < 4.78 is 46.4. The van der Waals surface area contributed by atoms with Gasteiger partial charge in [-0.05, 0) is 37.0 Å². The minimum atomic E-state index is -3.95. The molecule has 3 rings (SSSR count). The minimum absolute atomic E-state index is 0.112. The van der Waals surface area contributed by atoms with Gasteiger partial charge in [-0.1, -0.05) is 6.07 Å². The minimum Gasteiger partial charge on any atom is -0.392 e. The lowest BCUT2D eigenvalue weighted by Gasteiger charge is -2.20. The Balaban J connectivity index is 1.84. The third-order valence-corrected chi connectivity index (χ3v) is 5.39. The molecule has 3 unspecified atom stereocenters. The summed E-state index contributed by atoms with van der Waals surface area (Å²) in [7, 11) is -3.95. The third-order valence-electron chi connectivity index (χ3n) is 3.88. The first-order valence-electron chi connectivity index (χ1n) is 6.56. The van der Waals surface area contributed by atoms with E-state index in [2.05, 4.69) is 4.72 Å².